The molecule has 1 amide bonds. The van der Waals surface area contributed by atoms with Gasteiger partial charge in [-0.05, 0) is 43.3 Å². The van der Waals surface area contributed by atoms with Crippen molar-refractivity contribution in [2.75, 3.05) is 18.2 Å². The van der Waals surface area contributed by atoms with E-state index in [2.05, 4.69) is 5.32 Å². The molecule has 0 fully saturated rings. The quantitative estimate of drug-likeness (QED) is 0.500. The molecule has 1 unspecified atom stereocenters. The lowest BCUT2D eigenvalue weighted by Gasteiger charge is -2.14. The van der Waals surface area contributed by atoms with E-state index in [-0.39, 0.29) is 11.2 Å². The number of hydrogen-bond acceptors (Lipinski definition) is 5. The molecule has 1 atom stereocenters. The predicted octanol–water partition coefficient (Wildman–Crippen LogP) is 3.17. The van der Waals surface area contributed by atoms with Crippen LogP contribution < -0.4 is 11.1 Å². The van der Waals surface area contributed by atoms with Crippen LogP contribution >= 0.6 is 11.8 Å². The third-order valence-electron chi connectivity index (χ3n) is 3.15. The van der Waals surface area contributed by atoms with Gasteiger partial charge in [0.1, 0.15) is 0 Å². The molecule has 5 nitrogen and oxygen atoms in total. The molecule has 6 heteroatoms. The smallest absolute Gasteiger partial charge is 0.339 e. The number of nitrogens with two attached hydrogens (primary N) is 1. The Labute approximate surface area is 139 Å². The van der Waals surface area contributed by atoms with E-state index in [0.717, 1.165) is 4.90 Å². The maximum atomic E-state index is 12.3. The van der Waals surface area contributed by atoms with Crippen LogP contribution in [0.4, 0.5) is 11.4 Å². The first-order valence-corrected chi connectivity index (χ1v) is 7.89. The van der Waals surface area contributed by atoms with Crippen LogP contribution in [0.15, 0.2) is 53.4 Å². The number of esters is 1. The maximum absolute atomic E-state index is 12.3. The van der Waals surface area contributed by atoms with Crippen LogP contribution in [-0.2, 0) is 9.53 Å². The summed E-state index contributed by atoms with van der Waals surface area (Å²) in [5.74, 6) is -0.678. The summed E-state index contributed by atoms with van der Waals surface area (Å²) in [6, 6.07) is 14.1. The molecule has 2 rings (SSSR count). The third-order valence-corrected chi connectivity index (χ3v) is 4.26. The van der Waals surface area contributed by atoms with E-state index in [1.54, 1.807) is 43.3 Å². The van der Waals surface area contributed by atoms with E-state index in [1.165, 1.54) is 18.9 Å². The second-order valence-corrected chi connectivity index (χ2v) is 6.27. The summed E-state index contributed by atoms with van der Waals surface area (Å²) >= 11 is 1.42. The van der Waals surface area contributed by atoms with Gasteiger partial charge in [0, 0.05) is 10.6 Å². The Kier molecular flexibility index (Phi) is 5.65. The Hall–Kier alpha value is -2.47. The Morgan fingerprint density at radius 3 is 2.43 bits per heavy atom. The normalized spacial score (nSPS) is 11.6. The molecule has 3 N–H and O–H groups in total. The number of nitrogens with one attached hydrogen (secondary N) is 1. The lowest BCUT2D eigenvalue weighted by Crippen LogP contribution is -2.23. The molecule has 120 valence electrons. The molecular weight excluding hydrogens is 312 g/mol. The van der Waals surface area contributed by atoms with Crippen LogP contribution in [0.2, 0.25) is 0 Å². The highest BCUT2D eigenvalue weighted by Crippen LogP contribution is 2.25. The highest BCUT2D eigenvalue weighted by atomic mass is 32.2. The minimum atomic E-state index is -0.486. The summed E-state index contributed by atoms with van der Waals surface area (Å²) in [6.07, 6.45) is 0. The van der Waals surface area contributed by atoms with Crippen molar-refractivity contribution in [3.05, 3.63) is 54.1 Å². The molecule has 0 aliphatic carbocycles. The summed E-state index contributed by atoms with van der Waals surface area (Å²) in [7, 11) is 1.31. The molecule has 0 saturated carbocycles. The van der Waals surface area contributed by atoms with Crippen molar-refractivity contribution in [1.29, 1.82) is 0 Å². The van der Waals surface area contributed by atoms with Gasteiger partial charge in [-0.1, -0.05) is 12.1 Å². The lowest BCUT2D eigenvalue weighted by molar-refractivity contribution is -0.115. The van der Waals surface area contributed by atoms with Crippen molar-refractivity contribution in [1.82, 2.24) is 0 Å². The first kappa shape index (κ1) is 16.9. The van der Waals surface area contributed by atoms with Crippen LogP contribution in [0.3, 0.4) is 0 Å². The second-order valence-electron chi connectivity index (χ2n) is 4.86. The minimum absolute atomic E-state index is 0.192. The Morgan fingerprint density at radius 1 is 1.13 bits per heavy atom. The van der Waals surface area contributed by atoms with Gasteiger partial charge in [0.2, 0.25) is 5.91 Å². The van der Waals surface area contributed by atoms with Gasteiger partial charge in [-0.3, -0.25) is 4.79 Å². The first-order valence-electron chi connectivity index (χ1n) is 7.01. The van der Waals surface area contributed by atoms with Gasteiger partial charge in [-0.25, -0.2) is 4.79 Å². The van der Waals surface area contributed by atoms with Crippen LogP contribution in [0.5, 0.6) is 0 Å². The number of nitrogen functional groups attached to an aromatic ring is 1. The van der Waals surface area contributed by atoms with Crippen molar-refractivity contribution in [2.24, 2.45) is 0 Å². The zero-order valence-corrected chi connectivity index (χ0v) is 13.7. The molecule has 0 heterocycles. The fourth-order valence-corrected chi connectivity index (χ4v) is 2.79. The average Bonchev–Trinajstić information content (AvgIpc) is 2.56. The molecule has 0 aromatic heterocycles. The first-order chi connectivity index (χ1) is 11.0. The van der Waals surface area contributed by atoms with Gasteiger partial charge in [0.25, 0.3) is 0 Å². The lowest BCUT2D eigenvalue weighted by atomic mass is 10.2. The zero-order valence-electron chi connectivity index (χ0n) is 12.9. The number of carbonyl (C=O) groups is 2. The number of thioether (sulfide) groups is 1. The number of hydrogen-bond donors (Lipinski definition) is 2. The van der Waals surface area contributed by atoms with Gasteiger partial charge >= 0.3 is 5.97 Å². The number of ether oxygens (including phenoxy) is 1. The van der Waals surface area contributed by atoms with E-state index in [0.29, 0.717) is 16.9 Å². The van der Waals surface area contributed by atoms with Crippen molar-refractivity contribution in [3.8, 4) is 0 Å². The van der Waals surface area contributed by atoms with E-state index in [9.17, 15) is 9.59 Å². The van der Waals surface area contributed by atoms with Gasteiger partial charge in [0.15, 0.2) is 0 Å². The van der Waals surface area contributed by atoms with Crippen molar-refractivity contribution >= 4 is 35.0 Å². The van der Waals surface area contributed by atoms with E-state index in [1.807, 2.05) is 12.1 Å². The molecule has 0 bridgehead atoms. The van der Waals surface area contributed by atoms with Crippen LogP contribution in [0.25, 0.3) is 0 Å². The number of rotatable bonds is 5. The molecule has 0 radical (unpaired) electrons. The summed E-state index contributed by atoms with van der Waals surface area (Å²) in [4.78, 5) is 25.0. The fourth-order valence-electron chi connectivity index (χ4n) is 1.92. The Balaban J connectivity index is 2.06. The topological polar surface area (TPSA) is 81.4 Å². The zero-order chi connectivity index (χ0) is 16.8. The fraction of sp³-hybridized carbons (Fsp3) is 0.176. The number of anilines is 2. The van der Waals surface area contributed by atoms with E-state index >= 15 is 0 Å². The highest BCUT2D eigenvalue weighted by Gasteiger charge is 2.18. The predicted molar refractivity (Wildman–Crippen MR) is 92.6 cm³/mol. The molecule has 2 aromatic carbocycles. The van der Waals surface area contributed by atoms with Gasteiger partial charge in [-0.15, -0.1) is 11.8 Å². The number of carbonyl (C=O) groups excluding carboxylic acids is 2. The average molecular weight is 330 g/mol. The van der Waals surface area contributed by atoms with Crippen molar-refractivity contribution in [3.63, 3.8) is 0 Å². The SMILES string of the molecule is COC(=O)c1ccccc1NC(=O)C(C)Sc1ccc(N)cc1. The summed E-state index contributed by atoms with van der Waals surface area (Å²) < 4.78 is 4.72. The Morgan fingerprint density at radius 2 is 1.78 bits per heavy atom. The maximum Gasteiger partial charge on any atom is 0.339 e. The standard InChI is InChI=1S/C17H18N2O3S/c1-11(23-13-9-7-12(18)8-10-13)16(20)19-15-6-4-3-5-14(15)17(21)22-2/h3-11H,18H2,1-2H3,(H,19,20). The van der Waals surface area contributed by atoms with Crippen LogP contribution in [0, 0.1) is 0 Å². The molecule has 0 saturated heterocycles. The van der Waals surface area contributed by atoms with Gasteiger partial charge in [0.05, 0.1) is 23.6 Å². The van der Waals surface area contributed by atoms with Crippen LogP contribution in [0.1, 0.15) is 17.3 Å². The molecular formula is C17H18N2O3S. The van der Waals surface area contributed by atoms with E-state index < -0.39 is 5.97 Å². The Bertz CT molecular complexity index is 701. The van der Waals surface area contributed by atoms with Gasteiger partial charge < -0.3 is 15.8 Å². The van der Waals surface area contributed by atoms with Crippen LogP contribution in [-0.4, -0.2) is 24.2 Å². The molecule has 23 heavy (non-hydrogen) atoms. The summed E-state index contributed by atoms with van der Waals surface area (Å²) in [6.45, 7) is 1.80. The number of para-hydroxylation sites is 1. The number of amides is 1. The van der Waals surface area contributed by atoms with E-state index in [4.69, 9.17) is 10.5 Å². The molecule has 2 aromatic rings. The number of methoxy groups -OCH3 is 1. The minimum Gasteiger partial charge on any atom is -0.465 e. The summed E-state index contributed by atoms with van der Waals surface area (Å²) in [5.41, 5.74) is 7.09. The van der Waals surface area contributed by atoms with Crippen molar-refractivity contribution < 1.29 is 14.3 Å². The van der Waals surface area contributed by atoms with Gasteiger partial charge in [-0.2, -0.15) is 0 Å². The summed E-state index contributed by atoms with van der Waals surface area (Å²) in [5, 5.41) is 2.44. The molecule has 0 spiro atoms. The molecule has 0 aliphatic heterocycles. The largest absolute Gasteiger partial charge is 0.465 e. The monoisotopic (exact) mass is 330 g/mol. The number of benzene rings is 2. The van der Waals surface area contributed by atoms with Crippen molar-refractivity contribution in [2.45, 2.75) is 17.1 Å². The second kappa shape index (κ2) is 7.69. The highest BCUT2D eigenvalue weighted by molar-refractivity contribution is 8.00. The third kappa shape index (κ3) is 4.50. The molecule has 0 aliphatic rings.